The maximum Gasteiger partial charge on any atom is 0.0590 e. The molecule has 0 radical (unpaired) electrons. The average Bonchev–Trinajstić information content (AvgIpc) is 2.44. The number of hydrogen-bond acceptors (Lipinski definition) is 2. The Kier molecular flexibility index (Phi) is 7.03. The molecule has 0 aromatic heterocycles. The minimum atomic E-state index is 0.734. The fourth-order valence-corrected chi connectivity index (χ4v) is 2.36. The lowest BCUT2D eigenvalue weighted by atomic mass is 9.97. The molecule has 0 bridgehead atoms. The van der Waals surface area contributed by atoms with Crippen molar-refractivity contribution in [1.29, 1.82) is 0 Å². The second-order valence-electron chi connectivity index (χ2n) is 4.79. The predicted molar refractivity (Wildman–Crippen MR) is 65.1 cm³/mol. The van der Waals surface area contributed by atoms with Gasteiger partial charge < -0.3 is 10.1 Å². The first-order valence-electron chi connectivity index (χ1n) is 6.65. The highest BCUT2D eigenvalue weighted by Gasteiger charge is 2.18. The normalized spacial score (nSPS) is 27.6. The maximum atomic E-state index is 5.48. The fourth-order valence-electron chi connectivity index (χ4n) is 2.36. The largest absolute Gasteiger partial charge is 0.380 e. The second-order valence-corrected chi connectivity index (χ2v) is 4.79. The SMILES string of the molecule is CCCOCCNC1CCCCCC1C. The first-order chi connectivity index (χ1) is 7.34. The summed E-state index contributed by atoms with van der Waals surface area (Å²) in [6, 6.07) is 0.734. The molecule has 1 fully saturated rings. The molecule has 90 valence electrons. The van der Waals surface area contributed by atoms with E-state index in [-0.39, 0.29) is 0 Å². The lowest BCUT2D eigenvalue weighted by Gasteiger charge is -2.22. The van der Waals surface area contributed by atoms with Crippen LogP contribution in [0.5, 0.6) is 0 Å². The molecule has 1 aliphatic carbocycles. The molecule has 2 nitrogen and oxygen atoms in total. The molecule has 0 spiro atoms. The van der Waals surface area contributed by atoms with Crippen LogP contribution in [0.15, 0.2) is 0 Å². The van der Waals surface area contributed by atoms with Gasteiger partial charge in [0.2, 0.25) is 0 Å². The first kappa shape index (κ1) is 13.0. The van der Waals surface area contributed by atoms with E-state index in [1.54, 1.807) is 0 Å². The Balaban J connectivity index is 2.07. The molecule has 1 saturated carbocycles. The average molecular weight is 213 g/mol. The highest BCUT2D eigenvalue weighted by molar-refractivity contribution is 4.76. The molecule has 0 aromatic rings. The Hall–Kier alpha value is -0.0800. The molecule has 0 amide bonds. The molecule has 0 aromatic carbocycles. The van der Waals surface area contributed by atoms with Gasteiger partial charge in [-0.05, 0) is 25.2 Å². The second kappa shape index (κ2) is 8.12. The van der Waals surface area contributed by atoms with Gasteiger partial charge in [0.25, 0.3) is 0 Å². The lowest BCUT2D eigenvalue weighted by Crippen LogP contribution is -2.36. The highest BCUT2D eigenvalue weighted by Crippen LogP contribution is 2.22. The Labute approximate surface area is 94.8 Å². The molecule has 15 heavy (non-hydrogen) atoms. The minimum absolute atomic E-state index is 0.734. The third-order valence-corrected chi connectivity index (χ3v) is 3.36. The van der Waals surface area contributed by atoms with Crippen molar-refractivity contribution >= 4 is 0 Å². The van der Waals surface area contributed by atoms with Crippen LogP contribution in [0.3, 0.4) is 0 Å². The van der Waals surface area contributed by atoms with Crippen LogP contribution in [0.2, 0.25) is 0 Å². The summed E-state index contributed by atoms with van der Waals surface area (Å²) in [4.78, 5) is 0. The van der Waals surface area contributed by atoms with Crippen molar-refractivity contribution < 1.29 is 4.74 Å². The van der Waals surface area contributed by atoms with E-state index in [0.29, 0.717) is 0 Å². The van der Waals surface area contributed by atoms with E-state index in [9.17, 15) is 0 Å². The summed E-state index contributed by atoms with van der Waals surface area (Å²) in [5.41, 5.74) is 0. The van der Waals surface area contributed by atoms with Crippen molar-refractivity contribution in [3.63, 3.8) is 0 Å². The van der Waals surface area contributed by atoms with Gasteiger partial charge >= 0.3 is 0 Å². The Bertz CT molecular complexity index is 149. The molecule has 2 heteroatoms. The van der Waals surface area contributed by atoms with Gasteiger partial charge in [-0.25, -0.2) is 0 Å². The van der Waals surface area contributed by atoms with Gasteiger partial charge in [0.05, 0.1) is 6.61 Å². The monoisotopic (exact) mass is 213 g/mol. The van der Waals surface area contributed by atoms with Gasteiger partial charge in [-0.3, -0.25) is 0 Å². The zero-order valence-corrected chi connectivity index (χ0v) is 10.4. The van der Waals surface area contributed by atoms with E-state index < -0.39 is 0 Å². The standard InChI is InChI=1S/C13H27NO/c1-3-10-15-11-9-14-13-8-6-4-5-7-12(13)2/h12-14H,3-11H2,1-2H3. The topological polar surface area (TPSA) is 21.3 Å². The molecule has 1 rings (SSSR count). The summed E-state index contributed by atoms with van der Waals surface area (Å²) in [7, 11) is 0. The quantitative estimate of drug-likeness (QED) is 0.541. The maximum absolute atomic E-state index is 5.48. The molecule has 0 saturated heterocycles. The van der Waals surface area contributed by atoms with Gasteiger partial charge in [-0.15, -0.1) is 0 Å². The predicted octanol–water partition coefficient (Wildman–Crippen LogP) is 2.97. The van der Waals surface area contributed by atoms with Crippen molar-refractivity contribution in [1.82, 2.24) is 5.32 Å². The Morgan fingerprint density at radius 2 is 1.93 bits per heavy atom. The lowest BCUT2D eigenvalue weighted by molar-refractivity contribution is 0.132. The number of hydrogen-bond donors (Lipinski definition) is 1. The zero-order chi connectivity index (χ0) is 10.9. The van der Waals surface area contributed by atoms with Crippen LogP contribution < -0.4 is 5.32 Å². The summed E-state index contributed by atoms with van der Waals surface area (Å²) in [6.07, 6.45) is 8.13. The van der Waals surface area contributed by atoms with E-state index in [1.807, 2.05) is 0 Å². The molecule has 0 heterocycles. The van der Waals surface area contributed by atoms with Gasteiger partial charge in [-0.1, -0.05) is 33.1 Å². The van der Waals surface area contributed by atoms with Crippen LogP contribution in [0.25, 0.3) is 0 Å². The van der Waals surface area contributed by atoms with Crippen LogP contribution in [0.4, 0.5) is 0 Å². The molecule has 2 atom stereocenters. The van der Waals surface area contributed by atoms with E-state index in [0.717, 1.165) is 38.1 Å². The van der Waals surface area contributed by atoms with E-state index in [2.05, 4.69) is 19.2 Å². The van der Waals surface area contributed by atoms with Crippen molar-refractivity contribution in [3.8, 4) is 0 Å². The summed E-state index contributed by atoms with van der Waals surface area (Å²) < 4.78 is 5.48. The Morgan fingerprint density at radius 3 is 2.73 bits per heavy atom. The van der Waals surface area contributed by atoms with Crippen LogP contribution in [-0.2, 0) is 4.74 Å². The van der Waals surface area contributed by atoms with Gasteiger partial charge in [-0.2, -0.15) is 0 Å². The van der Waals surface area contributed by atoms with E-state index in [4.69, 9.17) is 4.74 Å². The smallest absolute Gasteiger partial charge is 0.0590 e. The van der Waals surface area contributed by atoms with Crippen molar-refractivity contribution in [2.45, 2.75) is 58.4 Å². The minimum Gasteiger partial charge on any atom is -0.380 e. The molecule has 2 unspecified atom stereocenters. The summed E-state index contributed by atoms with van der Waals surface area (Å²) >= 11 is 0. The van der Waals surface area contributed by atoms with Crippen LogP contribution >= 0.6 is 0 Å². The van der Waals surface area contributed by atoms with Crippen LogP contribution in [-0.4, -0.2) is 25.8 Å². The Morgan fingerprint density at radius 1 is 1.13 bits per heavy atom. The molecular formula is C13H27NO. The molecular weight excluding hydrogens is 186 g/mol. The molecule has 1 aliphatic rings. The molecule has 1 N–H and O–H groups in total. The number of nitrogens with one attached hydrogen (secondary N) is 1. The summed E-state index contributed by atoms with van der Waals surface area (Å²) in [6.45, 7) is 7.34. The third-order valence-electron chi connectivity index (χ3n) is 3.36. The van der Waals surface area contributed by atoms with Crippen molar-refractivity contribution in [2.75, 3.05) is 19.8 Å². The first-order valence-corrected chi connectivity index (χ1v) is 6.65. The van der Waals surface area contributed by atoms with Gasteiger partial charge in [0, 0.05) is 19.2 Å². The number of ether oxygens (including phenoxy) is 1. The van der Waals surface area contributed by atoms with Gasteiger partial charge in [0.15, 0.2) is 0 Å². The number of rotatable bonds is 6. The fraction of sp³-hybridized carbons (Fsp3) is 1.00. The molecule has 0 aliphatic heterocycles. The highest BCUT2D eigenvalue weighted by atomic mass is 16.5. The third kappa shape index (κ3) is 5.53. The van der Waals surface area contributed by atoms with Gasteiger partial charge in [0.1, 0.15) is 0 Å². The van der Waals surface area contributed by atoms with Crippen LogP contribution in [0.1, 0.15) is 52.4 Å². The summed E-state index contributed by atoms with van der Waals surface area (Å²) in [5.74, 6) is 0.846. The van der Waals surface area contributed by atoms with E-state index >= 15 is 0 Å². The summed E-state index contributed by atoms with van der Waals surface area (Å²) in [5, 5.41) is 3.65. The van der Waals surface area contributed by atoms with E-state index in [1.165, 1.54) is 32.1 Å². The van der Waals surface area contributed by atoms with Crippen LogP contribution in [0, 0.1) is 5.92 Å². The van der Waals surface area contributed by atoms with Crippen molar-refractivity contribution in [2.24, 2.45) is 5.92 Å². The zero-order valence-electron chi connectivity index (χ0n) is 10.4. The van der Waals surface area contributed by atoms with Crippen molar-refractivity contribution in [3.05, 3.63) is 0 Å².